The van der Waals surface area contributed by atoms with Crippen LogP contribution in [0.25, 0.3) is 21.9 Å². The average molecular weight is 346 g/mol. The van der Waals surface area contributed by atoms with Gasteiger partial charge in [-0.3, -0.25) is 9.35 Å². The van der Waals surface area contributed by atoms with Crippen LogP contribution in [0.5, 0.6) is 0 Å². The van der Waals surface area contributed by atoms with Gasteiger partial charge in [0.1, 0.15) is 5.82 Å². The molecule has 0 aliphatic rings. The summed E-state index contributed by atoms with van der Waals surface area (Å²) in [6, 6.07) is 11.8. The number of rotatable bonds is 4. The van der Waals surface area contributed by atoms with Crippen molar-refractivity contribution in [3.05, 3.63) is 70.4 Å². The molecule has 124 valence electrons. The fraction of sp³-hybridized carbons (Fsp3) is 0.118. The van der Waals surface area contributed by atoms with E-state index in [2.05, 4.69) is 4.72 Å². The first kappa shape index (κ1) is 16.5. The van der Waals surface area contributed by atoms with Gasteiger partial charge in [-0.15, -0.1) is 0 Å². The lowest BCUT2D eigenvalue weighted by atomic mass is 9.99. The molecule has 0 fully saturated rings. The summed E-state index contributed by atoms with van der Waals surface area (Å²) < 4.78 is 37.2. The quantitative estimate of drug-likeness (QED) is 0.713. The number of halogens is 1. The molecule has 2 aromatic carbocycles. The van der Waals surface area contributed by atoms with Gasteiger partial charge in [0.05, 0.1) is 0 Å². The molecule has 0 amide bonds. The number of aryl methyl sites for hydroxylation is 1. The van der Waals surface area contributed by atoms with Crippen molar-refractivity contribution >= 4 is 22.0 Å². The third-order valence-corrected chi connectivity index (χ3v) is 4.22. The molecule has 1 heterocycles. The van der Waals surface area contributed by atoms with E-state index in [0.717, 1.165) is 16.5 Å². The van der Waals surface area contributed by atoms with Crippen LogP contribution in [-0.2, 0) is 24.9 Å². The number of pyridine rings is 1. The van der Waals surface area contributed by atoms with Crippen LogP contribution < -0.4 is 10.3 Å². The zero-order chi connectivity index (χ0) is 17.3. The van der Waals surface area contributed by atoms with Crippen LogP contribution >= 0.6 is 0 Å². The number of fused-ring (bicyclic) bond motifs is 1. The Kier molecular flexibility index (Phi) is 4.57. The van der Waals surface area contributed by atoms with E-state index in [9.17, 15) is 13.4 Å². The van der Waals surface area contributed by atoms with Gasteiger partial charge in [0.2, 0.25) is 11.3 Å². The highest BCUT2D eigenvalue weighted by Crippen LogP contribution is 2.28. The summed E-state index contributed by atoms with van der Waals surface area (Å²) in [7, 11) is 1.67. The lowest BCUT2D eigenvalue weighted by molar-refractivity contribution is 0.545. The third-order valence-electron chi connectivity index (χ3n) is 3.83. The van der Waals surface area contributed by atoms with Crippen molar-refractivity contribution in [2.45, 2.75) is 6.54 Å². The molecule has 0 aliphatic heterocycles. The zero-order valence-corrected chi connectivity index (χ0v) is 13.6. The first-order valence-electron chi connectivity index (χ1n) is 7.19. The molecule has 5 nitrogen and oxygen atoms in total. The second-order valence-corrected chi connectivity index (χ2v) is 6.17. The summed E-state index contributed by atoms with van der Waals surface area (Å²) in [6.45, 7) is -0.0769. The van der Waals surface area contributed by atoms with Crippen molar-refractivity contribution in [3.63, 3.8) is 0 Å². The fourth-order valence-electron chi connectivity index (χ4n) is 2.66. The molecule has 0 saturated heterocycles. The monoisotopic (exact) mass is 346 g/mol. The Balaban J connectivity index is 2.18. The minimum atomic E-state index is -2.22. The Morgan fingerprint density at radius 2 is 1.92 bits per heavy atom. The Morgan fingerprint density at radius 3 is 2.62 bits per heavy atom. The number of aromatic nitrogens is 1. The van der Waals surface area contributed by atoms with E-state index in [0.29, 0.717) is 5.39 Å². The first-order valence-corrected chi connectivity index (χ1v) is 8.29. The molecule has 1 unspecified atom stereocenters. The summed E-state index contributed by atoms with van der Waals surface area (Å²) in [4.78, 5) is 12.2. The Bertz CT molecular complexity index is 1000. The summed E-state index contributed by atoms with van der Waals surface area (Å²) in [5.41, 5.74) is 1.68. The Morgan fingerprint density at radius 1 is 1.21 bits per heavy atom. The molecule has 0 saturated carbocycles. The third kappa shape index (κ3) is 3.14. The van der Waals surface area contributed by atoms with Gasteiger partial charge in [0, 0.05) is 36.3 Å². The average Bonchev–Trinajstić information content (AvgIpc) is 2.57. The second-order valence-electron chi connectivity index (χ2n) is 5.38. The first-order chi connectivity index (χ1) is 11.5. The van der Waals surface area contributed by atoms with Crippen LogP contribution in [0.4, 0.5) is 4.39 Å². The SMILES string of the molecule is Cn1cc(-c2ccc(F)c(CNS(=O)O)c2)c2ccccc2c1=O. The Labute approximate surface area is 140 Å². The summed E-state index contributed by atoms with van der Waals surface area (Å²) in [5.74, 6) is -0.467. The lowest BCUT2D eigenvalue weighted by Gasteiger charge is -2.11. The van der Waals surface area contributed by atoms with Crippen molar-refractivity contribution in [3.8, 4) is 11.1 Å². The van der Waals surface area contributed by atoms with Gasteiger partial charge in [-0.2, -0.15) is 0 Å². The molecular formula is C17H15FN2O3S. The van der Waals surface area contributed by atoms with Crippen LogP contribution in [0, 0.1) is 5.82 Å². The topological polar surface area (TPSA) is 71.3 Å². The molecule has 0 radical (unpaired) electrons. The summed E-state index contributed by atoms with van der Waals surface area (Å²) >= 11 is -2.22. The highest BCUT2D eigenvalue weighted by Gasteiger charge is 2.11. The molecule has 1 atom stereocenters. The fourth-order valence-corrected chi connectivity index (χ4v) is 2.94. The number of hydrogen-bond acceptors (Lipinski definition) is 2. The van der Waals surface area contributed by atoms with E-state index < -0.39 is 17.1 Å². The van der Waals surface area contributed by atoms with Crippen molar-refractivity contribution in [1.82, 2.24) is 9.29 Å². The number of hydrogen-bond donors (Lipinski definition) is 2. The van der Waals surface area contributed by atoms with Crippen molar-refractivity contribution in [2.24, 2.45) is 7.05 Å². The van der Waals surface area contributed by atoms with Crippen molar-refractivity contribution < 1.29 is 13.2 Å². The second kappa shape index (κ2) is 6.64. The number of benzene rings is 2. The predicted octanol–water partition coefficient (Wildman–Crippen LogP) is 2.57. The van der Waals surface area contributed by atoms with Gasteiger partial charge < -0.3 is 4.57 Å². The molecule has 2 N–H and O–H groups in total. The van der Waals surface area contributed by atoms with Gasteiger partial charge in [-0.25, -0.2) is 13.3 Å². The lowest BCUT2D eigenvalue weighted by Crippen LogP contribution is -2.17. The van der Waals surface area contributed by atoms with Crippen LogP contribution in [-0.4, -0.2) is 13.3 Å². The summed E-state index contributed by atoms with van der Waals surface area (Å²) in [6.07, 6.45) is 1.71. The smallest absolute Gasteiger partial charge is 0.258 e. The van der Waals surface area contributed by atoms with Gasteiger partial charge in [-0.05, 0) is 29.1 Å². The standard InChI is InChI=1S/C17H15FN2O3S/c1-20-10-15(13-4-2-3-5-14(13)17(20)21)11-6-7-16(18)12(8-11)9-19-24(22)23/h2-8,10,19H,9H2,1H3,(H,22,23). The largest absolute Gasteiger partial charge is 0.317 e. The molecule has 1 aromatic heterocycles. The van der Waals surface area contributed by atoms with Gasteiger partial charge >= 0.3 is 0 Å². The normalized spacial score (nSPS) is 12.5. The molecule has 0 aliphatic carbocycles. The highest BCUT2D eigenvalue weighted by atomic mass is 32.2. The molecule has 7 heteroatoms. The van der Waals surface area contributed by atoms with E-state index in [4.69, 9.17) is 4.55 Å². The minimum Gasteiger partial charge on any atom is -0.317 e. The zero-order valence-electron chi connectivity index (χ0n) is 12.8. The van der Waals surface area contributed by atoms with E-state index in [1.807, 2.05) is 12.1 Å². The van der Waals surface area contributed by atoms with E-state index in [1.54, 1.807) is 37.5 Å². The van der Waals surface area contributed by atoms with E-state index >= 15 is 0 Å². The van der Waals surface area contributed by atoms with Gasteiger partial charge in [0.15, 0.2) is 0 Å². The minimum absolute atomic E-state index is 0.0769. The van der Waals surface area contributed by atoms with Crippen LogP contribution in [0.3, 0.4) is 0 Å². The molecular weight excluding hydrogens is 331 g/mol. The summed E-state index contributed by atoms with van der Waals surface area (Å²) in [5, 5.41) is 1.36. The van der Waals surface area contributed by atoms with Crippen molar-refractivity contribution in [1.29, 1.82) is 0 Å². The van der Waals surface area contributed by atoms with Crippen LogP contribution in [0.15, 0.2) is 53.5 Å². The van der Waals surface area contributed by atoms with Crippen LogP contribution in [0.2, 0.25) is 0 Å². The highest BCUT2D eigenvalue weighted by molar-refractivity contribution is 7.77. The Hall–Kier alpha value is -2.35. The maximum Gasteiger partial charge on any atom is 0.258 e. The van der Waals surface area contributed by atoms with E-state index in [-0.39, 0.29) is 17.7 Å². The molecule has 24 heavy (non-hydrogen) atoms. The molecule has 3 aromatic rings. The predicted molar refractivity (Wildman–Crippen MR) is 92.2 cm³/mol. The maximum atomic E-state index is 13.9. The molecule has 0 bridgehead atoms. The van der Waals surface area contributed by atoms with Gasteiger partial charge in [-0.1, -0.05) is 24.3 Å². The van der Waals surface area contributed by atoms with Gasteiger partial charge in [0.25, 0.3) is 5.56 Å². The molecule has 0 spiro atoms. The van der Waals surface area contributed by atoms with E-state index in [1.165, 1.54) is 10.6 Å². The van der Waals surface area contributed by atoms with Crippen molar-refractivity contribution in [2.75, 3.05) is 0 Å². The number of nitrogens with one attached hydrogen (secondary N) is 1. The van der Waals surface area contributed by atoms with Crippen LogP contribution in [0.1, 0.15) is 5.56 Å². The molecule has 3 rings (SSSR count). The maximum absolute atomic E-state index is 13.9. The number of nitrogens with zero attached hydrogens (tertiary/aromatic N) is 1.